The van der Waals surface area contributed by atoms with Crippen LogP contribution in [-0.2, 0) is 0 Å². The van der Waals surface area contributed by atoms with E-state index in [1.807, 2.05) is 0 Å². The summed E-state index contributed by atoms with van der Waals surface area (Å²) < 4.78 is 5.02. The molecule has 0 amide bonds. The van der Waals surface area contributed by atoms with Crippen molar-refractivity contribution in [2.75, 3.05) is 7.11 Å². The fourth-order valence-electron chi connectivity index (χ4n) is 1.74. The number of carboxylic acids is 1. The van der Waals surface area contributed by atoms with Crippen LogP contribution in [0.2, 0.25) is 5.02 Å². The summed E-state index contributed by atoms with van der Waals surface area (Å²) in [6.07, 6.45) is 0. The van der Waals surface area contributed by atoms with Gasteiger partial charge in [0.1, 0.15) is 5.75 Å². The van der Waals surface area contributed by atoms with E-state index in [4.69, 9.17) is 21.4 Å². The molecule has 0 saturated carbocycles. The fourth-order valence-corrected chi connectivity index (χ4v) is 2.00. The lowest BCUT2D eigenvalue weighted by molar-refractivity contribution is 0.0696. The van der Waals surface area contributed by atoms with Crippen LogP contribution < -0.4 is 4.74 Å². The summed E-state index contributed by atoms with van der Waals surface area (Å²) in [4.78, 5) is 23.1. The molecule has 0 aromatic heterocycles. The van der Waals surface area contributed by atoms with Crippen LogP contribution in [-0.4, -0.2) is 24.0 Å². The van der Waals surface area contributed by atoms with Gasteiger partial charge in [0.2, 0.25) is 0 Å². The maximum absolute atomic E-state index is 12.2. The van der Waals surface area contributed by atoms with E-state index in [0.29, 0.717) is 16.9 Å². The highest BCUT2D eigenvalue weighted by Gasteiger charge is 2.14. The number of methoxy groups -OCH3 is 1. The first-order valence-electron chi connectivity index (χ1n) is 5.74. The summed E-state index contributed by atoms with van der Waals surface area (Å²) in [5.41, 5.74) is 0.785. The van der Waals surface area contributed by atoms with Gasteiger partial charge in [-0.05, 0) is 36.4 Å². The van der Waals surface area contributed by atoms with Gasteiger partial charge in [0.25, 0.3) is 0 Å². The molecule has 0 spiro atoms. The van der Waals surface area contributed by atoms with Crippen molar-refractivity contribution < 1.29 is 19.4 Å². The summed E-state index contributed by atoms with van der Waals surface area (Å²) >= 11 is 5.85. The highest BCUT2D eigenvalue weighted by Crippen LogP contribution is 2.21. The molecular formula is C15H11ClO4. The SMILES string of the molecule is COc1ccc(C(=O)c2ccc(C(=O)O)c(Cl)c2)cc1. The Hall–Kier alpha value is -2.33. The summed E-state index contributed by atoms with van der Waals surface area (Å²) in [5, 5.41) is 8.93. The van der Waals surface area contributed by atoms with Gasteiger partial charge < -0.3 is 9.84 Å². The van der Waals surface area contributed by atoms with Crippen LogP contribution in [0.4, 0.5) is 0 Å². The minimum absolute atomic E-state index is 0.0297. The summed E-state index contributed by atoms with van der Waals surface area (Å²) in [7, 11) is 1.54. The molecular weight excluding hydrogens is 280 g/mol. The number of halogens is 1. The van der Waals surface area contributed by atoms with E-state index in [9.17, 15) is 9.59 Å². The zero-order chi connectivity index (χ0) is 14.7. The molecule has 0 unspecified atom stereocenters. The third-order valence-corrected chi connectivity index (χ3v) is 3.13. The number of carboxylic acid groups (broad SMARTS) is 1. The normalized spacial score (nSPS) is 10.1. The number of hydrogen-bond donors (Lipinski definition) is 1. The number of aromatic carboxylic acids is 1. The van der Waals surface area contributed by atoms with Crippen LogP contribution in [0.3, 0.4) is 0 Å². The van der Waals surface area contributed by atoms with Crippen molar-refractivity contribution in [2.45, 2.75) is 0 Å². The van der Waals surface area contributed by atoms with Crippen molar-refractivity contribution in [3.8, 4) is 5.75 Å². The van der Waals surface area contributed by atoms with Crippen LogP contribution in [0.25, 0.3) is 0 Å². The molecule has 0 fully saturated rings. The molecule has 0 aliphatic rings. The van der Waals surface area contributed by atoms with Crippen molar-refractivity contribution in [3.05, 3.63) is 64.2 Å². The first-order chi connectivity index (χ1) is 9.52. The summed E-state index contributed by atoms with van der Waals surface area (Å²) in [6, 6.07) is 10.8. The predicted molar refractivity (Wildman–Crippen MR) is 74.8 cm³/mol. The molecule has 5 heteroatoms. The van der Waals surface area contributed by atoms with Gasteiger partial charge in [-0.3, -0.25) is 4.79 Å². The van der Waals surface area contributed by atoms with E-state index in [0.717, 1.165) is 0 Å². The van der Waals surface area contributed by atoms with E-state index in [1.165, 1.54) is 18.2 Å². The fraction of sp³-hybridized carbons (Fsp3) is 0.0667. The number of benzene rings is 2. The van der Waals surface area contributed by atoms with Crippen molar-refractivity contribution in [2.24, 2.45) is 0 Å². The maximum atomic E-state index is 12.2. The third kappa shape index (κ3) is 2.81. The molecule has 20 heavy (non-hydrogen) atoms. The van der Waals surface area contributed by atoms with Gasteiger partial charge in [-0.2, -0.15) is 0 Å². The molecule has 102 valence electrons. The van der Waals surface area contributed by atoms with Crippen molar-refractivity contribution in [1.82, 2.24) is 0 Å². The zero-order valence-corrected chi connectivity index (χ0v) is 11.3. The number of hydrogen-bond acceptors (Lipinski definition) is 3. The summed E-state index contributed by atoms with van der Waals surface area (Å²) in [6.45, 7) is 0. The van der Waals surface area contributed by atoms with Crippen molar-refractivity contribution in [1.29, 1.82) is 0 Å². The second-order valence-corrected chi connectivity index (χ2v) is 4.46. The third-order valence-electron chi connectivity index (χ3n) is 2.81. The minimum Gasteiger partial charge on any atom is -0.497 e. The van der Waals surface area contributed by atoms with E-state index in [-0.39, 0.29) is 16.4 Å². The van der Waals surface area contributed by atoms with E-state index in [1.54, 1.807) is 31.4 Å². The van der Waals surface area contributed by atoms with Gasteiger partial charge in [-0.1, -0.05) is 17.7 Å². The molecule has 0 saturated heterocycles. The van der Waals surface area contributed by atoms with Crippen LogP contribution >= 0.6 is 11.6 Å². The lowest BCUT2D eigenvalue weighted by atomic mass is 10.0. The van der Waals surface area contributed by atoms with E-state index >= 15 is 0 Å². The molecule has 0 heterocycles. The Morgan fingerprint density at radius 1 is 1.05 bits per heavy atom. The van der Waals surface area contributed by atoms with Gasteiger partial charge >= 0.3 is 5.97 Å². The quantitative estimate of drug-likeness (QED) is 0.878. The lowest BCUT2D eigenvalue weighted by Crippen LogP contribution is -2.04. The number of rotatable bonds is 4. The standard InChI is InChI=1S/C15H11ClO4/c1-20-11-5-2-9(3-6-11)14(17)10-4-7-12(15(18)19)13(16)8-10/h2-8H,1H3,(H,18,19). The van der Waals surface area contributed by atoms with Crippen LogP contribution in [0.1, 0.15) is 26.3 Å². The van der Waals surface area contributed by atoms with Crippen LogP contribution in [0.5, 0.6) is 5.75 Å². The Morgan fingerprint density at radius 3 is 2.15 bits per heavy atom. The molecule has 1 N–H and O–H groups in total. The first-order valence-corrected chi connectivity index (χ1v) is 6.12. The Labute approximate surface area is 120 Å². The second kappa shape index (κ2) is 5.75. The number of carbonyl (C=O) groups excluding carboxylic acids is 1. The Kier molecular flexibility index (Phi) is 4.05. The molecule has 2 rings (SSSR count). The van der Waals surface area contributed by atoms with Gasteiger partial charge in [0, 0.05) is 11.1 Å². The topological polar surface area (TPSA) is 63.6 Å². The maximum Gasteiger partial charge on any atom is 0.337 e. The van der Waals surface area contributed by atoms with Crippen LogP contribution in [0, 0.1) is 0 Å². The molecule has 0 aliphatic heterocycles. The van der Waals surface area contributed by atoms with Gasteiger partial charge in [0.05, 0.1) is 17.7 Å². The van der Waals surface area contributed by atoms with E-state index < -0.39 is 5.97 Å². The Bertz CT molecular complexity index is 662. The number of ketones is 1. The number of carbonyl (C=O) groups is 2. The second-order valence-electron chi connectivity index (χ2n) is 4.06. The smallest absolute Gasteiger partial charge is 0.337 e. The lowest BCUT2D eigenvalue weighted by Gasteiger charge is -2.05. The zero-order valence-electron chi connectivity index (χ0n) is 10.6. The highest BCUT2D eigenvalue weighted by atomic mass is 35.5. The highest BCUT2D eigenvalue weighted by molar-refractivity contribution is 6.34. The average molecular weight is 291 g/mol. The number of ether oxygens (including phenoxy) is 1. The van der Waals surface area contributed by atoms with Crippen molar-refractivity contribution in [3.63, 3.8) is 0 Å². The van der Waals surface area contributed by atoms with E-state index in [2.05, 4.69) is 0 Å². The Balaban J connectivity index is 2.33. The van der Waals surface area contributed by atoms with Gasteiger partial charge in [-0.25, -0.2) is 4.79 Å². The van der Waals surface area contributed by atoms with Gasteiger partial charge in [0.15, 0.2) is 5.78 Å². The monoisotopic (exact) mass is 290 g/mol. The summed E-state index contributed by atoms with van der Waals surface area (Å²) in [5.74, 6) is -0.703. The average Bonchev–Trinajstić information content (AvgIpc) is 2.46. The molecule has 0 atom stereocenters. The van der Waals surface area contributed by atoms with Gasteiger partial charge in [-0.15, -0.1) is 0 Å². The molecule has 0 radical (unpaired) electrons. The first kappa shape index (κ1) is 14.1. The molecule has 0 bridgehead atoms. The molecule has 2 aromatic carbocycles. The molecule has 2 aromatic rings. The Morgan fingerprint density at radius 2 is 1.65 bits per heavy atom. The molecule has 4 nitrogen and oxygen atoms in total. The molecule has 0 aliphatic carbocycles. The van der Waals surface area contributed by atoms with Crippen molar-refractivity contribution >= 4 is 23.4 Å². The van der Waals surface area contributed by atoms with Crippen LogP contribution in [0.15, 0.2) is 42.5 Å². The predicted octanol–water partition coefficient (Wildman–Crippen LogP) is 3.28. The minimum atomic E-state index is -1.13. The largest absolute Gasteiger partial charge is 0.497 e.